The molecule has 148 valence electrons. The summed E-state index contributed by atoms with van der Waals surface area (Å²) in [5.74, 6) is 3.57. The highest BCUT2D eigenvalue weighted by Crippen LogP contribution is 2.36. The second-order valence-corrected chi connectivity index (χ2v) is 8.21. The van der Waals surface area contributed by atoms with Gasteiger partial charge < -0.3 is 10.1 Å². The van der Waals surface area contributed by atoms with E-state index < -0.39 is 0 Å². The summed E-state index contributed by atoms with van der Waals surface area (Å²) >= 11 is 0. The zero-order valence-electron chi connectivity index (χ0n) is 16.5. The molecule has 0 aromatic carbocycles. The number of ether oxygens (including phenoxy) is 1. The van der Waals surface area contributed by atoms with Crippen molar-refractivity contribution in [3.63, 3.8) is 0 Å². The van der Waals surface area contributed by atoms with Crippen LogP contribution in [0.1, 0.15) is 56.0 Å². The summed E-state index contributed by atoms with van der Waals surface area (Å²) in [6, 6.07) is 1.98. The molecule has 3 aromatic rings. The van der Waals surface area contributed by atoms with Gasteiger partial charge in [-0.2, -0.15) is 10.2 Å². The van der Waals surface area contributed by atoms with Crippen LogP contribution in [0.25, 0.3) is 11.0 Å². The molecule has 0 unspecified atom stereocenters. The van der Waals surface area contributed by atoms with Crippen molar-refractivity contribution in [1.82, 2.24) is 29.9 Å². The maximum Gasteiger partial charge on any atom is 0.163 e. The van der Waals surface area contributed by atoms with Gasteiger partial charge in [0, 0.05) is 31.3 Å². The Labute approximate surface area is 164 Å². The summed E-state index contributed by atoms with van der Waals surface area (Å²) in [5.41, 5.74) is 1.94. The number of nitrogens with zero attached hydrogens (tertiary/aromatic N) is 5. The number of aryl methyl sites for hydroxylation is 1. The lowest BCUT2D eigenvalue weighted by Gasteiger charge is -2.26. The van der Waals surface area contributed by atoms with Crippen molar-refractivity contribution in [3.8, 4) is 0 Å². The molecule has 2 aliphatic rings. The Morgan fingerprint density at radius 3 is 2.68 bits per heavy atom. The molecule has 8 heteroatoms. The first-order valence-corrected chi connectivity index (χ1v) is 10.2. The van der Waals surface area contributed by atoms with Gasteiger partial charge in [0.05, 0.1) is 17.7 Å². The minimum Gasteiger partial charge on any atom is -0.381 e. The van der Waals surface area contributed by atoms with E-state index in [2.05, 4.69) is 25.3 Å². The highest BCUT2D eigenvalue weighted by Gasteiger charge is 2.27. The second-order valence-electron chi connectivity index (χ2n) is 8.21. The lowest BCUT2D eigenvalue weighted by atomic mass is 9.87. The van der Waals surface area contributed by atoms with E-state index in [1.807, 2.05) is 19.2 Å². The second kappa shape index (κ2) is 7.16. The van der Waals surface area contributed by atoms with Crippen LogP contribution >= 0.6 is 0 Å². The van der Waals surface area contributed by atoms with Crippen molar-refractivity contribution < 1.29 is 4.74 Å². The van der Waals surface area contributed by atoms with Crippen molar-refractivity contribution >= 4 is 22.7 Å². The first-order chi connectivity index (χ1) is 13.7. The third kappa shape index (κ3) is 3.48. The number of H-pyrrole nitrogens is 1. The predicted molar refractivity (Wildman–Crippen MR) is 107 cm³/mol. The highest BCUT2D eigenvalue weighted by atomic mass is 16.5. The number of aromatic nitrogens is 6. The first-order valence-electron chi connectivity index (χ1n) is 10.2. The smallest absolute Gasteiger partial charge is 0.163 e. The van der Waals surface area contributed by atoms with Crippen LogP contribution in [0.15, 0.2) is 12.3 Å². The molecule has 0 aliphatic heterocycles. The zero-order valence-corrected chi connectivity index (χ0v) is 16.5. The fraction of sp³-hybridized carbons (Fsp3) is 0.600. The summed E-state index contributed by atoms with van der Waals surface area (Å²) in [5, 5.41) is 16.2. The van der Waals surface area contributed by atoms with Gasteiger partial charge in [0.25, 0.3) is 0 Å². The number of anilines is 2. The predicted octanol–water partition coefficient (Wildman–Crippen LogP) is 3.68. The summed E-state index contributed by atoms with van der Waals surface area (Å²) in [6.07, 6.45) is 9.06. The Hall–Kier alpha value is -2.48. The van der Waals surface area contributed by atoms with Crippen LogP contribution in [0.2, 0.25) is 0 Å². The van der Waals surface area contributed by atoms with E-state index in [0.717, 1.165) is 72.3 Å². The molecule has 0 atom stereocenters. The largest absolute Gasteiger partial charge is 0.381 e. The standard InChI is InChI=1S/C20H27N7O/c1-12-9-17(26-25-12)22-19-16-10-21-27(11-13-3-4-13)20(16)24-18(23-19)14-5-7-15(28-2)8-6-14/h9-10,13-15H,3-8,11H2,1-2H3,(H2,22,23,24,25,26)/t14-,15+. The van der Waals surface area contributed by atoms with E-state index >= 15 is 0 Å². The number of aromatic amines is 1. The number of hydrogen-bond donors (Lipinski definition) is 2. The van der Waals surface area contributed by atoms with E-state index in [4.69, 9.17) is 14.7 Å². The van der Waals surface area contributed by atoms with Gasteiger partial charge in [-0.1, -0.05) is 0 Å². The molecular formula is C20H27N7O. The molecular weight excluding hydrogens is 354 g/mol. The van der Waals surface area contributed by atoms with Crippen LogP contribution in [0.5, 0.6) is 0 Å². The highest BCUT2D eigenvalue weighted by molar-refractivity contribution is 5.88. The van der Waals surface area contributed by atoms with Gasteiger partial charge in [0.15, 0.2) is 11.5 Å². The first kappa shape index (κ1) is 17.6. The zero-order chi connectivity index (χ0) is 19.1. The normalized spacial score (nSPS) is 22.6. The average molecular weight is 381 g/mol. The molecule has 0 radical (unpaired) electrons. The number of hydrogen-bond acceptors (Lipinski definition) is 6. The van der Waals surface area contributed by atoms with Crippen molar-refractivity contribution in [2.75, 3.05) is 12.4 Å². The van der Waals surface area contributed by atoms with Crippen molar-refractivity contribution in [1.29, 1.82) is 0 Å². The minimum atomic E-state index is 0.363. The van der Waals surface area contributed by atoms with Gasteiger partial charge in [-0.3, -0.25) is 5.10 Å². The number of nitrogens with one attached hydrogen (secondary N) is 2. The van der Waals surface area contributed by atoms with Gasteiger partial charge in [-0.05, 0) is 51.4 Å². The monoisotopic (exact) mass is 381 g/mol. The van der Waals surface area contributed by atoms with E-state index in [-0.39, 0.29) is 0 Å². The third-order valence-electron chi connectivity index (χ3n) is 5.97. The van der Waals surface area contributed by atoms with E-state index in [9.17, 15) is 0 Å². The Kier molecular flexibility index (Phi) is 4.50. The fourth-order valence-corrected chi connectivity index (χ4v) is 4.09. The van der Waals surface area contributed by atoms with E-state index in [0.29, 0.717) is 12.0 Å². The maximum atomic E-state index is 5.53. The number of fused-ring (bicyclic) bond motifs is 1. The molecule has 2 aliphatic carbocycles. The van der Waals surface area contributed by atoms with Crippen LogP contribution < -0.4 is 5.32 Å². The molecule has 3 aromatic heterocycles. The topological polar surface area (TPSA) is 93.5 Å². The quantitative estimate of drug-likeness (QED) is 0.676. The van der Waals surface area contributed by atoms with Gasteiger partial charge in [0.1, 0.15) is 11.6 Å². The van der Waals surface area contributed by atoms with Crippen LogP contribution in [0.4, 0.5) is 11.6 Å². The fourth-order valence-electron chi connectivity index (χ4n) is 4.09. The third-order valence-corrected chi connectivity index (χ3v) is 5.97. The summed E-state index contributed by atoms with van der Waals surface area (Å²) < 4.78 is 7.58. The SMILES string of the molecule is CO[C@H]1CC[C@@H](c2nc(Nc3cc(C)[nH]n3)c3cnn(CC4CC4)c3n2)CC1. The van der Waals surface area contributed by atoms with Crippen LogP contribution in [0.3, 0.4) is 0 Å². The lowest BCUT2D eigenvalue weighted by molar-refractivity contribution is 0.0651. The molecule has 0 saturated heterocycles. The van der Waals surface area contributed by atoms with Gasteiger partial charge in [-0.25, -0.2) is 14.6 Å². The lowest BCUT2D eigenvalue weighted by Crippen LogP contribution is -2.21. The molecule has 0 spiro atoms. The molecule has 2 saturated carbocycles. The van der Waals surface area contributed by atoms with Crippen LogP contribution in [0, 0.1) is 12.8 Å². The summed E-state index contributed by atoms with van der Waals surface area (Å²) in [7, 11) is 1.80. The molecule has 2 N–H and O–H groups in total. The molecule has 0 amide bonds. The molecule has 3 heterocycles. The van der Waals surface area contributed by atoms with Crippen LogP contribution in [-0.2, 0) is 11.3 Å². The molecule has 5 rings (SSSR count). The number of methoxy groups -OCH3 is 1. The van der Waals surface area contributed by atoms with Crippen molar-refractivity contribution in [2.45, 2.75) is 64.0 Å². The van der Waals surface area contributed by atoms with Crippen LogP contribution in [-0.4, -0.2) is 43.2 Å². The van der Waals surface area contributed by atoms with Gasteiger partial charge in [-0.15, -0.1) is 0 Å². The molecule has 2 fully saturated rings. The Morgan fingerprint density at radius 1 is 1.18 bits per heavy atom. The minimum absolute atomic E-state index is 0.363. The van der Waals surface area contributed by atoms with Crippen molar-refractivity contribution in [3.05, 3.63) is 23.8 Å². The Morgan fingerprint density at radius 2 is 2.00 bits per heavy atom. The molecule has 0 bridgehead atoms. The van der Waals surface area contributed by atoms with Crippen molar-refractivity contribution in [2.24, 2.45) is 5.92 Å². The van der Waals surface area contributed by atoms with Gasteiger partial charge >= 0.3 is 0 Å². The molecule has 8 nitrogen and oxygen atoms in total. The van der Waals surface area contributed by atoms with Gasteiger partial charge in [0.2, 0.25) is 0 Å². The maximum absolute atomic E-state index is 5.53. The van der Waals surface area contributed by atoms with E-state index in [1.54, 1.807) is 7.11 Å². The Bertz CT molecular complexity index is 966. The average Bonchev–Trinajstić information content (AvgIpc) is 3.30. The molecule has 28 heavy (non-hydrogen) atoms. The summed E-state index contributed by atoms with van der Waals surface area (Å²) in [4.78, 5) is 9.90. The Balaban J connectivity index is 1.51. The summed E-state index contributed by atoms with van der Waals surface area (Å²) in [6.45, 7) is 2.93. The number of rotatable bonds is 6. The van der Waals surface area contributed by atoms with E-state index in [1.165, 1.54) is 12.8 Å².